The van der Waals surface area contributed by atoms with E-state index >= 15 is 0 Å². The number of hydrogen-bond donors (Lipinski definition) is 4. The number of carboxylic acids is 2. The van der Waals surface area contributed by atoms with Crippen molar-refractivity contribution >= 4 is 11.9 Å². The SMILES string of the molecule is O=C(O)CNCCCN1CCNCCCN(CC(=O)O)CC1. The minimum absolute atomic E-state index is 0.00601. The summed E-state index contributed by atoms with van der Waals surface area (Å²) in [7, 11) is 0. The summed E-state index contributed by atoms with van der Waals surface area (Å²) in [4.78, 5) is 25.6. The largest absolute Gasteiger partial charge is 0.480 e. The monoisotopic (exact) mass is 316 g/mol. The van der Waals surface area contributed by atoms with Crippen molar-refractivity contribution in [2.45, 2.75) is 12.8 Å². The predicted octanol–water partition coefficient (Wildman–Crippen LogP) is -1.27. The molecule has 0 aromatic heterocycles. The first-order valence-corrected chi connectivity index (χ1v) is 7.87. The molecule has 1 rings (SSSR count). The van der Waals surface area contributed by atoms with Gasteiger partial charge in [-0.05, 0) is 39.0 Å². The lowest BCUT2D eigenvalue weighted by Crippen LogP contribution is -2.43. The third-order valence-corrected chi connectivity index (χ3v) is 3.63. The third-order valence-electron chi connectivity index (χ3n) is 3.63. The minimum Gasteiger partial charge on any atom is -0.480 e. The molecule has 0 atom stereocenters. The summed E-state index contributed by atoms with van der Waals surface area (Å²) in [5.74, 6) is -1.62. The predicted molar refractivity (Wildman–Crippen MR) is 83.1 cm³/mol. The molecule has 0 radical (unpaired) electrons. The van der Waals surface area contributed by atoms with Crippen LogP contribution in [0.25, 0.3) is 0 Å². The highest BCUT2D eigenvalue weighted by atomic mass is 16.4. The highest BCUT2D eigenvalue weighted by Crippen LogP contribution is 1.98. The Morgan fingerprint density at radius 2 is 1.77 bits per heavy atom. The second-order valence-electron chi connectivity index (χ2n) is 5.54. The smallest absolute Gasteiger partial charge is 0.317 e. The zero-order valence-electron chi connectivity index (χ0n) is 13.1. The summed E-state index contributed by atoms with van der Waals surface area (Å²) in [5, 5.41) is 23.7. The maximum absolute atomic E-state index is 10.9. The first kappa shape index (κ1) is 18.8. The molecule has 0 unspecified atom stereocenters. The van der Waals surface area contributed by atoms with Crippen LogP contribution >= 0.6 is 0 Å². The number of aliphatic carboxylic acids is 2. The van der Waals surface area contributed by atoms with E-state index < -0.39 is 11.9 Å². The molecule has 1 aliphatic rings. The van der Waals surface area contributed by atoms with Gasteiger partial charge in [0.2, 0.25) is 0 Å². The van der Waals surface area contributed by atoms with Crippen LogP contribution in [0.5, 0.6) is 0 Å². The van der Waals surface area contributed by atoms with Crippen LogP contribution in [0.4, 0.5) is 0 Å². The normalized spacial score (nSPS) is 18.9. The van der Waals surface area contributed by atoms with Crippen molar-refractivity contribution < 1.29 is 19.8 Å². The summed E-state index contributed by atoms with van der Waals surface area (Å²) in [6.07, 6.45) is 1.85. The number of nitrogens with zero attached hydrogens (tertiary/aromatic N) is 2. The summed E-state index contributed by atoms with van der Waals surface area (Å²) in [6, 6.07) is 0. The van der Waals surface area contributed by atoms with Gasteiger partial charge in [-0.2, -0.15) is 0 Å². The van der Waals surface area contributed by atoms with E-state index in [1.165, 1.54) is 0 Å². The maximum Gasteiger partial charge on any atom is 0.317 e. The van der Waals surface area contributed by atoms with Gasteiger partial charge in [0.1, 0.15) is 0 Å². The topological polar surface area (TPSA) is 105 Å². The van der Waals surface area contributed by atoms with Gasteiger partial charge in [0, 0.05) is 26.2 Å². The first-order chi connectivity index (χ1) is 10.6. The molecule has 1 saturated heterocycles. The molecule has 0 aliphatic carbocycles. The van der Waals surface area contributed by atoms with Crippen LogP contribution in [0, 0.1) is 0 Å². The third kappa shape index (κ3) is 9.67. The lowest BCUT2D eigenvalue weighted by molar-refractivity contribution is -0.138. The van der Waals surface area contributed by atoms with E-state index in [2.05, 4.69) is 15.5 Å². The van der Waals surface area contributed by atoms with Gasteiger partial charge in [0.05, 0.1) is 13.1 Å². The van der Waals surface area contributed by atoms with E-state index in [4.69, 9.17) is 10.2 Å². The van der Waals surface area contributed by atoms with E-state index in [1.54, 1.807) is 0 Å². The van der Waals surface area contributed by atoms with Gasteiger partial charge in [0.25, 0.3) is 0 Å². The molecule has 8 nitrogen and oxygen atoms in total. The highest BCUT2D eigenvalue weighted by Gasteiger charge is 2.13. The quantitative estimate of drug-likeness (QED) is 0.411. The fourth-order valence-electron chi connectivity index (χ4n) is 2.49. The number of rotatable bonds is 8. The van der Waals surface area contributed by atoms with Gasteiger partial charge in [-0.25, -0.2) is 0 Å². The Morgan fingerprint density at radius 1 is 1.00 bits per heavy atom. The van der Waals surface area contributed by atoms with E-state index in [0.29, 0.717) is 6.54 Å². The molecule has 0 aromatic rings. The van der Waals surface area contributed by atoms with Crippen molar-refractivity contribution in [1.82, 2.24) is 20.4 Å². The number of hydrogen-bond acceptors (Lipinski definition) is 6. The summed E-state index contributed by atoms with van der Waals surface area (Å²) in [6.45, 7) is 6.81. The molecule has 1 heterocycles. The summed E-state index contributed by atoms with van der Waals surface area (Å²) < 4.78 is 0. The number of carbonyl (C=O) groups is 2. The van der Waals surface area contributed by atoms with Crippen molar-refractivity contribution in [3.8, 4) is 0 Å². The average Bonchev–Trinajstić information content (AvgIpc) is 2.45. The number of nitrogens with one attached hydrogen (secondary N) is 2. The second kappa shape index (κ2) is 11.4. The molecule has 0 aromatic carbocycles. The van der Waals surface area contributed by atoms with Crippen molar-refractivity contribution in [1.29, 1.82) is 0 Å². The molecule has 128 valence electrons. The lowest BCUT2D eigenvalue weighted by atomic mass is 10.3. The molecule has 22 heavy (non-hydrogen) atoms. The van der Waals surface area contributed by atoms with Gasteiger partial charge in [-0.15, -0.1) is 0 Å². The Kier molecular flexibility index (Phi) is 9.72. The molecule has 0 amide bonds. The molecule has 0 saturated carbocycles. The Hall–Kier alpha value is -1.22. The van der Waals surface area contributed by atoms with Crippen LogP contribution in [-0.2, 0) is 9.59 Å². The van der Waals surface area contributed by atoms with Crippen LogP contribution in [0.15, 0.2) is 0 Å². The van der Waals surface area contributed by atoms with Gasteiger partial charge in [-0.1, -0.05) is 0 Å². The van der Waals surface area contributed by atoms with Gasteiger partial charge < -0.3 is 25.7 Å². The summed E-state index contributed by atoms with van der Waals surface area (Å²) >= 11 is 0. The lowest BCUT2D eigenvalue weighted by Gasteiger charge is -2.28. The number of carboxylic acid groups (broad SMARTS) is 2. The molecule has 4 N–H and O–H groups in total. The zero-order chi connectivity index (χ0) is 16.2. The van der Waals surface area contributed by atoms with E-state index in [0.717, 1.165) is 58.7 Å². The van der Waals surface area contributed by atoms with E-state index in [9.17, 15) is 9.59 Å². The molecule has 1 aliphatic heterocycles. The molecule has 0 spiro atoms. The fraction of sp³-hybridized carbons (Fsp3) is 0.857. The van der Waals surface area contributed by atoms with Crippen LogP contribution in [-0.4, -0.2) is 97.4 Å². The molecule has 8 heteroatoms. The van der Waals surface area contributed by atoms with Gasteiger partial charge in [-0.3, -0.25) is 14.5 Å². The minimum atomic E-state index is -0.840. The first-order valence-electron chi connectivity index (χ1n) is 7.87. The molecular weight excluding hydrogens is 288 g/mol. The zero-order valence-corrected chi connectivity index (χ0v) is 13.1. The van der Waals surface area contributed by atoms with Crippen LogP contribution in [0.2, 0.25) is 0 Å². The van der Waals surface area contributed by atoms with Crippen molar-refractivity contribution in [2.24, 2.45) is 0 Å². The van der Waals surface area contributed by atoms with Crippen molar-refractivity contribution in [2.75, 3.05) is 65.4 Å². The molecule has 1 fully saturated rings. The Bertz CT molecular complexity index is 341. The highest BCUT2D eigenvalue weighted by molar-refractivity contribution is 5.69. The van der Waals surface area contributed by atoms with Gasteiger partial charge in [0.15, 0.2) is 0 Å². The van der Waals surface area contributed by atoms with Crippen molar-refractivity contribution in [3.63, 3.8) is 0 Å². The molecule has 0 bridgehead atoms. The average molecular weight is 316 g/mol. The Balaban J connectivity index is 2.30. The van der Waals surface area contributed by atoms with Crippen LogP contribution < -0.4 is 10.6 Å². The molecular formula is C14H28N4O4. The van der Waals surface area contributed by atoms with E-state index in [-0.39, 0.29) is 13.1 Å². The summed E-state index contributed by atoms with van der Waals surface area (Å²) in [5.41, 5.74) is 0. The van der Waals surface area contributed by atoms with Crippen LogP contribution in [0.1, 0.15) is 12.8 Å². The Labute approximate surface area is 131 Å². The van der Waals surface area contributed by atoms with E-state index in [1.807, 2.05) is 4.90 Å². The fourth-order valence-corrected chi connectivity index (χ4v) is 2.49. The van der Waals surface area contributed by atoms with Crippen molar-refractivity contribution in [3.05, 3.63) is 0 Å². The second-order valence-corrected chi connectivity index (χ2v) is 5.54. The Morgan fingerprint density at radius 3 is 2.50 bits per heavy atom. The standard InChI is InChI=1S/C14H28N4O4/c19-13(20)11-16-4-2-6-17-8-5-15-3-1-7-18(10-9-17)12-14(21)22/h15-16H,1-12H2,(H,19,20)(H,21,22). The maximum atomic E-state index is 10.9. The van der Waals surface area contributed by atoms with Gasteiger partial charge >= 0.3 is 11.9 Å². The van der Waals surface area contributed by atoms with Crippen LogP contribution in [0.3, 0.4) is 0 Å².